The van der Waals surface area contributed by atoms with Gasteiger partial charge in [0, 0.05) is 37.5 Å². The predicted molar refractivity (Wildman–Crippen MR) is 60.0 cm³/mol. The quantitative estimate of drug-likeness (QED) is 0.824. The van der Waals surface area contributed by atoms with Crippen LogP contribution in [0.1, 0.15) is 17.0 Å². The van der Waals surface area contributed by atoms with Gasteiger partial charge in [0.1, 0.15) is 0 Å². The number of H-pyrrole nitrogens is 1. The van der Waals surface area contributed by atoms with Gasteiger partial charge in [-0.3, -0.25) is 0 Å². The van der Waals surface area contributed by atoms with Gasteiger partial charge in [0.15, 0.2) is 17.3 Å². The van der Waals surface area contributed by atoms with Crippen molar-refractivity contribution in [3.63, 3.8) is 0 Å². The highest BCUT2D eigenvalue weighted by atomic mass is 19.4. The zero-order valence-corrected chi connectivity index (χ0v) is 9.75. The highest BCUT2D eigenvalue weighted by Gasteiger charge is 2.38. The molecule has 0 aromatic carbocycles. The standard InChI is InChI=1S/C11H10F3N5/c12-11(13,14)8-6-5-15-2-1-7(6)18-10(19-8)9-16-3-4-17-9/h3-4,15H,1-2,5H2,(H,16,17). The van der Waals surface area contributed by atoms with Crippen molar-refractivity contribution in [1.29, 1.82) is 0 Å². The molecule has 0 amide bonds. The molecule has 3 rings (SSSR count). The lowest BCUT2D eigenvalue weighted by Gasteiger charge is -2.20. The second-order valence-electron chi connectivity index (χ2n) is 4.18. The van der Waals surface area contributed by atoms with Crippen molar-refractivity contribution in [1.82, 2.24) is 25.3 Å². The van der Waals surface area contributed by atoms with Gasteiger partial charge in [-0.25, -0.2) is 15.0 Å². The highest BCUT2D eigenvalue weighted by molar-refractivity contribution is 5.46. The molecule has 19 heavy (non-hydrogen) atoms. The molecule has 0 radical (unpaired) electrons. The fourth-order valence-electron chi connectivity index (χ4n) is 2.07. The minimum atomic E-state index is -4.49. The molecule has 0 aliphatic carbocycles. The van der Waals surface area contributed by atoms with E-state index < -0.39 is 11.9 Å². The number of rotatable bonds is 1. The number of nitrogens with one attached hydrogen (secondary N) is 2. The van der Waals surface area contributed by atoms with E-state index in [0.29, 0.717) is 18.7 Å². The molecule has 0 atom stereocenters. The van der Waals surface area contributed by atoms with Crippen LogP contribution in [0.5, 0.6) is 0 Å². The maximum atomic E-state index is 13.0. The molecule has 8 heteroatoms. The normalized spacial score (nSPS) is 15.3. The molecule has 5 nitrogen and oxygen atoms in total. The van der Waals surface area contributed by atoms with Gasteiger partial charge in [-0.15, -0.1) is 0 Å². The monoisotopic (exact) mass is 269 g/mol. The van der Waals surface area contributed by atoms with E-state index in [1.807, 2.05) is 0 Å². The van der Waals surface area contributed by atoms with Crippen LogP contribution in [-0.2, 0) is 19.1 Å². The molecule has 0 bridgehead atoms. The maximum Gasteiger partial charge on any atom is 0.433 e. The van der Waals surface area contributed by atoms with Gasteiger partial charge in [-0.2, -0.15) is 13.2 Å². The zero-order chi connectivity index (χ0) is 13.5. The number of aromatic amines is 1. The van der Waals surface area contributed by atoms with E-state index in [-0.39, 0.29) is 23.8 Å². The molecule has 0 unspecified atom stereocenters. The van der Waals surface area contributed by atoms with Crippen LogP contribution in [0.3, 0.4) is 0 Å². The Morgan fingerprint density at radius 2 is 2.05 bits per heavy atom. The van der Waals surface area contributed by atoms with Gasteiger partial charge >= 0.3 is 6.18 Å². The third-order valence-corrected chi connectivity index (χ3v) is 2.91. The Bertz CT molecular complexity index is 591. The van der Waals surface area contributed by atoms with Gasteiger partial charge in [-0.1, -0.05) is 0 Å². The van der Waals surface area contributed by atoms with Gasteiger partial charge in [-0.05, 0) is 0 Å². The van der Waals surface area contributed by atoms with Crippen LogP contribution in [0.15, 0.2) is 12.4 Å². The third-order valence-electron chi connectivity index (χ3n) is 2.91. The summed E-state index contributed by atoms with van der Waals surface area (Å²) in [5.74, 6) is 0.227. The van der Waals surface area contributed by atoms with E-state index in [0.717, 1.165) is 0 Å². The SMILES string of the molecule is FC(F)(F)c1nc(-c2ncc[nH]2)nc2c1CNCC2. The van der Waals surface area contributed by atoms with Crippen molar-refractivity contribution in [2.75, 3.05) is 6.54 Å². The number of alkyl halides is 3. The largest absolute Gasteiger partial charge is 0.433 e. The van der Waals surface area contributed by atoms with Crippen molar-refractivity contribution in [2.45, 2.75) is 19.1 Å². The number of halogens is 3. The number of nitrogens with zero attached hydrogens (tertiary/aromatic N) is 3. The summed E-state index contributed by atoms with van der Waals surface area (Å²) in [6, 6.07) is 0. The van der Waals surface area contributed by atoms with Crippen LogP contribution in [0.25, 0.3) is 11.6 Å². The zero-order valence-electron chi connectivity index (χ0n) is 9.75. The van der Waals surface area contributed by atoms with Gasteiger partial charge < -0.3 is 10.3 Å². The summed E-state index contributed by atoms with van der Waals surface area (Å²) in [4.78, 5) is 14.4. The van der Waals surface area contributed by atoms with E-state index in [4.69, 9.17) is 0 Å². The minimum absolute atomic E-state index is 0.0158. The lowest BCUT2D eigenvalue weighted by molar-refractivity contribution is -0.142. The van der Waals surface area contributed by atoms with E-state index in [9.17, 15) is 13.2 Å². The van der Waals surface area contributed by atoms with Crippen LogP contribution < -0.4 is 5.32 Å². The van der Waals surface area contributed by atoms with Crippen LogP contribution in [0, 0.1) is 0 Å². The van der Waals surface area contributed by atoms with E-state index in [1.165, 1.54) is 12.4 Å². The second kappa shape index (κ2) is 4.30. The van der Waals surface area contributed by atoms with Gasteiger partial charge in [0.25, 0.3) is 0 Å². The average Bonchev–Trinajstić information content (AvgIpc) is 2.90. The molecule has 1 aliphatic rings. The number of hydrogen-bond donors (Lipinski definition) is 2. The van der Waals surface area contributed by atoms with Crippen molar-refractivity contribution in [3.8, 4) is 11.6 Å². The summed E-state index contributed by atoms with van der Waals surface area (Å²) < 4.78 is 39.1. The van der Waals surface area contributed by atoms with Crippen molar-refractivity contribution >= 4 is 0 Å². The first kappa shape index (κ1) is 12.1. The van der Waals surface area contributed by atoms with E-state index in [2.05, 4.69) is 25.3 Å². The topological polar surface area (TPSA) is 66.5 Å². The molecule has 1 aliphatic heterocycles. The van der Waals surface area contributed by atoms with Crippen molar-refractivity contribution in [3.05, 3.63) is 29.3 Å². The average molecular weight is 269 g/mol. The fraction of sp³-hybridized carbons (Fsp3) is 0.364. The van der Waals surface area contributed by atoms with Gasteiger partial charge in [0.2, 0.25) is 0 Å². The third kappa shape index (κ3) is 2.19. The molecule has 2 aromatic heterocycles. The molecular weight excluding hydrogens is 259 g/mol. The Hall–Kier alpha value is -1.96. The molecule has 0 saturated heterocycles. The van der Waals surface area contributed by atoms with E-state index in [1.54, 1.807) is 0 Å². The number of fused-ring (bicyclic) bond motifs is 1. The Kier molecular flexibility index (Phi) is 2.74. The lowest BCUT2D eigenvalue weighted by Crippen LogP contribution is -2.29. The summed E-state index contributed by atoms with van der Waals surface area (Å²) >= 11 is 0. The molecule has 3 heterocycles. The first-order valence-corrected chi connectivity index (χ1v) is 5.73. The Morgan fingerprint density at radius 3 is 2.74 bits per heavy atom. The molecule has 0 saturated carbocycles. The number of imidazole rings is 1. The van der Waals surface area contributed by atoms with Crippen molar-refractivity contribution < 1.29 is 13.2 Å². The number of hydrogen-bond acceptors (Lipinski definition) is 4. The summed E-state index contributed by atoms with van der Waals surface area (Å²) in [6.07, 6.45) is -1.07. The van der Waals surface area contributed by atoms with Crippen LogP contribution in [-0.4, -0.2) is 26.5 Å². The molecule has 2 aromatic rings. The molecule has 100 valence electrons. The summed E-state index contributed by atoms with van der Waals surface area (Å²) in [6.45, 7) is 0.752. The van der Waals surface area contributed by atoms with Crippen molar-refractivity contribution in [2.24, 2.45) is 0 Å². The first-order valence-electron chi connectivity index (χ1n) is 5.73. The highest BCUT2D eigenvalue weighted by Crippen LogP contribution is 2.33. The first-order chi connectivity index (χ1) is 9.05. The summed E-state index contributed by atoms with van der Waals surface area (Å²) in [5.41, 5.74) is -0.308. The molecular formula is C11H10F3N5. The number of aromatic nitrogens is 4. The second-order valence-corrected chi connectivity index (χ2v) is 4.18. The van der Waals surface area contributed by atoms with Gasteiger partial charge in [0.05, 0.1) is 5.69 Å². The predicted octanol–water partition coefficient (Wildman–Crippen LogP) is 1.53. The van der Waals surface area contributed by atoms with Crippen LogP contribution in [0.2, 0.25) is 0 Å². The smallest absolute Gasteiger partial charge is 0.342 e. The fourth-order valence-corrected chi connectivity index (χ4v) is 2.07. The molecule has 0 fully saturated rings. The molecule has 2 N–H and O–H groups in total. The Morgan fingerprint density at radius 1 is 1.21 bits per heavy atom. The van der Waals surface area contributed by atoms with Crippen LogP contribution in [0.4, 0.5) is 13.2 Å². The summed E-state index contributed by atoms with van der Waals surface area (Å²) in [5, 5.41) is 2.90. The van der Waals surface area contributed by atoms with Crippen LogP contribution >= 0.6 is 0 Å². The lowest BCUT2D eigenvalue weighted by atomic mass is 10.0. The summed E-state index contributed by atoms with van der Waals surface area (Å²) in [7, 11) is 0. The molecule has 0 spiro atoms. The maximum absolute atomic E-state index is 13.0. The Labute approximate surface area is 106 Å². The minimum Gasteiger partial charge on any atom is -0.342 e. The van der Waals surface area contributed by atoms with E-state index >= 15 is 0 Å². The Balaban J connectivity index is 2.19.